The number of nitrogens with zero attached hydrogens (tertiary/aromatic N) is 1. The molecule has 4 nitrogen and oxygen atoms in total. The lowest BCUT2D eigenvalue weighted by Crippen LogP contribution is -2.44. The molecule has 0 atom stereocenters. The van der Waals surface area contributed by atoms with Crippen LogP contribution in [0, 0.1) is 5.41 Å². The summed E-state index contributed by atoms with van der Waals surface area (Å²) in [6, 6.07) is 5.32. The summed E-state index contributed by atoms with van der Waals surface area (Å²) in [7, 11) is 1.78. The Kier molecular flexibility index (Phi) is 6.53. The first-order valence-electron chi connectivity index (χ1n) is 8.38. The smallest absolute Gasteiger partial charge is 0.238 e. The van der Waals surface area contributed by atoms with Crippen LogP contribution in [0.5, 0.6) is 0 Å². The third-order valence-electron chi connectivity index (χ3n) is 4.48. The Balaban J connectivity index is 1.86. The summed E-state index contributed by atoms with van der Waals surface area (Å²) < 4.78 is 0. The monoisotopic (exact) mass is 370 g/mol. The maximum Gasteiger partial charge on any atom is 0.238 e. The molecule has 24 heavy (non-hydrogen) atoms. The van der Waals surface area contributed by atoms with Crippen LogP contribution in [0.15, 0.2) is 18.2 Å². The fourth-order valence-electron chi connectivity index (χ4n) is 2.73. The van der Waals surface area contributed by atoms with E-state index in [9.17, 15) is 9.59 Å². The van der Waals surface area contributed by atoms with Crippen LogP contribution in [-0.2, 0) is 16.0 Å². The first-order valence-corrected chi connectivity index (χ1v) is 9.14. The second-order valence-corrected chi connectivity index (χ2v) is 7.25. The zero-order valence-electron chi connectivity index (χ0n) is 14.2. The number of benzene rings is 1. The quantitative estimate of drug-likeness (QED) is 0.709. The molecule has 0 aromatic heterocycles. The van der Waals surface area contributed by atoms with Crippen molar-refractivity contribution in [2.24, 2.45) is 5.41 Å². The van der Waals surface area contributed by atoms with Crippen LogP contribution in [0.1, 0.15) is 38.2 Å². The molecular weight excluding hydrogens is 347 g/mol. The fourth-order valence-corrected chi connectivity index (χ4v) is 3.23. The summed E-state index contributed by atoms with van der Waals surface area (Å²) in [4.78, 5) is 26.7. The molecule has 2 amide bonds. The van der Waals surface area contributed by atoms with Crippen molar-refractivity contribution in [3.05, 3.63) is 33.8 Å². The van der Waals surface area contributed by atoms with Crippen molar-refractivity contribution in [3.63, 3.8) is 0 Å². The topological polar surface area (TPSA) is 49.4 Å². The van der Waals surface area contributed by atoms with Crippen molar-refractivity contribution in [1.29, 1.82) is 0 Å². The van der Waals surface area contributed by atoms with Gasteiger partial charge in [0.15, 0.2) is 0 Å². The number of amides is 2. The minimum absolute atomic E-state index is 0.0574. The third kappa shape index (κ3) is 4.42. The molecule has 1 N–H and O–H groups in total. The van der Waals surface area contributed by atoms with E-state index in [1.165, 1.54) is 0 Å². The zero-order valence-corrected chi connectivity index (χ0v) is 15.7. The Bertz CT molecular complexity index is 615. The molecule has 1 aliphatic carbocycles. The summed E-state index contributed by atoms with van der Waals surface area (Å²) in [5, 5.41) is 4.07. The summed E-state index contributed by atoms with van der Waals surface area (Å²) >= 11 is 12.0. The molecule has 0 saturated heterocycles. The molecular formula is C18H24Cl2N2O2. The summed E-state index contributed by atoms with van der Waals surface area (Å²) in [5.41, 5.74) is 0.0873. The van der Waals surface area contributed by atoms with Gasteiger partial charge < -0.3 is 10.2 Å². The molecule has 1 fully saturated rings. The van der Waals surface area contributed by atoms with Gasteiger partial charge in [0.05, 0.1) is 0 Å². The van der Waals surface area contributed by atoms with Gasteiger partial charge in [-0.25, -0.2) is 0 Å². The summed E-state index contributed by atoms with van der Waals surface area (Å²) in [6.45, 7) is 3.23. The van der Waals surface area contributed by atoms with Crippen LogP contribution in [0.2, 0.25) is 10.0 Å². The second kappa shape index (κ2) is 8.21. The van der Waals surface area contributed by atoms with Crippen molar-refractivity contribution in [2.75, 3.05) is 20.1 Å². The molecule has 0 aliphatic heterocycles. The lowest BCUT2D eigenvalue weighted by atomic mass is 10.0. The van der Waals surface area contributed by atoms with E-state index < -0.39 is 5.41 Å². The predicted molar refractivity (Wildman–Crippen MR) is 97.4 cm³/mol. The average Bonchev–Trinajstić information content (AvgIpc) is 3.35. The van der Waals surface area contributed by atoms with E-state index in [1.54, 1.807) is 24.1 Å². The summed E-state index contributed by atoms with van der Waals surface area (Å²) in [6.07, 6.45) is 3.86. The molecule has 2 rings (SSSR count). The molecule has 132 valence electrons. The van der Waals surface area contributed by atoms with Crippen LogP contribution in [0.4, 0.5) is 0 Å². The van der Waals surface area contributed by atoms with Crippen molar-refractivity contribution in [1.82, 2.24) is 10.2 Å². The predicted octanol–water partition coefficient (Wildman–Crippen LogP) is 3.69. The molecule has 0 radical (unpaired) electrons. The number of carbonyl (C=O) groups is 2. The number of rotatable bonds is 8. The van der Waals surface area contributed by atoms with E-state index in [1.807, 2.05) is 6.07 Å². The van der Waals surface area contributed by atoms with Crippen LogP contribution in [0.25, 0.3) is 0 Å². The third-order valence-corrected chi connectivity index (χ3v) is 5.07. The SMILES string of the molecule is CCCCN(C)C(=O)C1(C(=O)NCCc2ccc(Cl)cc2Cl)CC1. The van der Waals surface area contributed by atoms with Gasteiger partial charge in [0.25, 0.3) is 0 Å². The largest absolute Gasteiger partial charge is 0.355 e. The standard InChI is InChI=1S/C18H24Cl2N2O2/c1-3-4-11-22(2)17(24)18(8-9-18)16(23)21-10-7-13-5-6-14(19)12-15(13)20/h5-6,12H,3-4,7-11H2,1-2H3,(H,21,23). The number of unbranched alkanes of at least 4 members (excludes halogenated alkanes) is 1. The van der Waals surface area contributed by atoms with Gasteiger partial charge in [0.2, 0.25) is 11.8 Å². The molecule has 6 heteroatoms. The molecule has 0 heterocycles. The van der Waals surface area contributed by atoms with E-state index >= 15 is 0 Å². The van der Waals surface area contributed by atoms with Gasteiger partial charge in [0, 0.05) is 30.2 Å². The Hall–Kier alpha value is -1.26. The van der Waals surface area contributed by atoms with E-state index in [0.717, 1.165) is 18.4 Å². The first-order chi connectivity index (χ1) is 11.4. The van der Waals surface area contributed by atoms with E-state index in [2.05, 4.69) is 12.2 Å². The minimum Gasteiger partial charge on any atom is -0.355 e. The molecule has 0 unspecified atom stereocenters. The highest BCUT2D eigenvalue weighted by molar-refractivity contribution is 6.35. The van der Waals surface area contributed by atoms with Gasteiger partial charge in [0.1, 0.15) is 5.41 Å². The number of nitrogens with one attached hydrogen (secondary N) is 1. The van der Waals surface area contributed by atoms with Gasteiger partial charge in [-0.1, -0.05) is 42.6 Å². The van der Waals surface area contributed by atoms with Gasteiger partial charge in [-0.3, -0.25) is 9.59 Å². The van der Waals surface area contributed by atoms with Gasteiger partial charge >= 0.3 is 0 Å². The Morgan fingerprint density at radius 1 is 1.29 bits per heavy atom. The van der Waals surface area contributed by atoms with E-state index in [4.69, 9.17) is 23.2 Å². The lowest BCUT2D eigenvalue weighted by molar-refractivity contribution is -0.143. The lowest BCUT2D eigenvalue weighted by Gasteiger charge is -2.23. The average molecular weight is 371 g/mol. The zero-order chi connectivity index (χ0) is 17.7. The number of hydrogen-bond donors (Lipinski definition) is 1. The Morgan fingerprint density at radius 2 is 2.00 bits per heavy atom. The highest BCUT2D eigenvalue weighted by Gasteiger charge is 2.57. The number of halogens is 2. The second-order valence-electron chi connectivity index (χ2n) is 6.40. The Labute approximate surface area is 153 Å². The number of hydrogen-bond acceptors (Lipinski definition) is 2. The van der Waals surface area contributed by atoms with Crippen LogP contribution < -0.4 is 5.32 Å². The molecule has 1 aliphatic rings. The summed E-state index contributed by atoms with van der Waals surface area (Å²) in [5.74, 6) is -0.223. The van der Waals surface area contributed by atoms with Crippen molar-refractivity contribution >= 4 is 35.0 Å². The molecule has 1 saturated carbocycles. The Morgan fingerprint density at radius 3 is 2.58 bits per heavy atom. The van der Waals surface area contributed by atoms with Crippen LogP contribution in [-0.4, -0.2) is 36.9 Å². The molecule has 0 bridgehead atoms. The molecule has 1 aromatic rings. The minimum atomic E-state index is -0.841. The number of carbonyl (C=O) groups excluding carboxylic acids is 2. The molecule has 1 aromatic carbocycles. The van der Waals surface area contributed by atoms with E-state index in [-0.39, 0.29) is 11.8 Å². The van der Waals surface area contributed by atoms with E-state index in [0.29, 0.717) is 42.4 Å². The van der Waals surface area contributed by atoms with Gasteiger partial charge in [-0.2, -0.15) is 0 Å². The van der Waals surface area contributed by atoms with Gasteiger partial charge in [-0.05, 0) is 43.4 Å². The normalized spacial score (nSPS) is 15.0. The van der Waals surface area contributed by atoms with Gasteiger partial charge in [-0.15, -0.1) is 0 Å². The van der Waals surface area contributed by atoms with Crippen molar-refractivity contribution in [2.45, 2.75) is 39.0 Å². The van der Waals surface area contributed by atoms with Crippen LogP contribution in [0.3, 0.4) is 0 Å². The maximum atomic E-state index is 12.5. The van der Waals surface area contributed by atoms with Crippen molar-refractivity contribution in [3.8, 4) is 0 Å². The maximum absolute atomic E-state index is 12.5. The first kappa shape index (κ1) is 19.1. The van der Waals surface area contributed by atoms with Crippen molar-refractivity contribution < 1.29 is 9.59 Å². The highest BCUT2D eigenvalue weighted by atomic mass is 35.5. The highest BCUT2D eigenvalue weighted by Crippen LogP contribution is 2.47. The molecule has 0 spiro atoms. The fraction of sp³-hybridized carbons (Fsp3) is 0.556. The van der Waals surface area contributed by atoms with Crippen LogP contribution >= 0.6 is 23.2 Å².